The van der Waals surface area contributed by atoms with Gasteiger partial charge in [0, 0.05) is 42.4 Å². The van der Waals surface area contributed by atoms with Crippen molar-refractivity contribution in [3.63, 3.8) is 0 Å². The minimum Gasteiger partial charge on any atom is -0.352 e. The molecule has 2 atom stereocenters. The number of aromatic nitrogens is 1. The Morgan fingerprint density at radius 1 is 1.42 bits per heavy atom. The summed E-state index contributed by atoms with van der Waals surface area (Å²) in [6.07, 6.45) is 2.00. The summed E-state index contributed by atoms with van der Waals surface area (Å²) >= 11 is 2.06. The molecule has 1 fully saturated rings. The summed E-state index contributed by atoms with van der Waals surface area (Å²) in [5, 5.41) is 4.10. The van der Waals surface area contributed by atoms with E-state index in [4.69, 9.17) is 0 Å². The first kappa shape index (κ1) is 14.7. The standard InChI is InChI=1S/C15H25N3S/c1-11(2)16-9-14-5-6-15(17-10-14)18-7-8-19-13(4)12(18)3/h5-6,10-13,16H,7-9H2,1-4H3. The minimum absolute atomic E-state index is 0.514. The molecule has 2 heterocycles. The molecule has 2 unspecified atom stereocenters. The van der Waals surface area contributed by atoms with Crippen molar-refractivity contribution in [1.82, 2.24) is 10.3 Å². The van der Waals surface area contributed by atoms with Gasteiger partial charge in [-0.2, -0.15) is 11.8 Å². The summed E-state index contributed by atoms with van der Waals surface area (Å²) in [6.45, 7) is 10.9. The van der Waals surface area contributed by atoms with Gasteiger partial charge >= 0.3 is 0 Å². The Morgan fingerprint density at radius 2 is 2.21 bits per heavy atom. The number of pyridine rings is 1. The number of nitrogens with zero attached hydrogens (tertiary/aromatic N) is 2. The molecular formula is C15H25N3S. The smallest absolute Gasteiger partial charge is 0.128 e. The van der Waals surface area contributed by atoms with E-state index in [9.17, 15) is 0 Å². The number of rotatable bonds is 4. The van der Waals surface area contributed by atoms with Gasteiger partial charge in [0.15, 0.2) is 0 Å². The Kier molecular flexibility index (Phi) is 5.11. The fraction of sp³-hybridized carbons (Fsp3) is 0.667. The minimum atomic E-state index is 0.514. The molecule has 4 heteroatoms. The summed E-state index contributed by atoms with van der Waals surface area (Å²) in [6, 6.07) is 5.43. The molecule has 0 saturated carbocycles. The van der Waals surface area contributed by atoms with Crippen LogP contribution in [0.25, 0.3) is 0 Å². The van der Waals surface area contributed by atoms with Crippen LogP contribution in [0, 0.1) is 0 Å². The molecule has 1 aromatic rings. The third-order valence-electron chi connectivity index (χ3n) is 3.70. The molecule has 1 aromatic heterocycles. The van der Waals surface area contributed by atoms with E-state index >= 15 is 0 Å². The highest BCUT2D eigenvalue weighted by Crippen LogP contribution is 2.27. The van der Waals surface area contributed by atoms with Crippen LogP contribution >= 0.6 is 11.8 Å². The molecule has 1 aliphatic rings. The molecule has 3 nitrogen and oxygen atoms in total. The van der Waals surface area contributed by atoms with Gasteiger partial charge in [0.25, 0.3) is 0 Å². The summed E-state index contributed by atoms with van der Waals surface area (Å²) in [4.78, 5) is 7.07. The summed E-state index contributed by atoms with van der Waals surface area (Å²) < 4.78 is 0. The lowest BCUT2D eigenvalue weighted by Gasteiger charge is -2.38. The quantitative estimate of drug-likeness (QED) is 0.917. The number of hydrogen-bond donors (Lipinski definition) is 1. The third-order valence-corrected chi connectivity index (χ3v) is 5.04. The number of nitrogens with one attached hydrogen (secondary N) is 1. The van der Waals surface area contributed by atoms with Gasteiger partial charge in [-0.25, -0.2) is 4.98 Å². The molecule has 1 N–H and O–H groups in total. The Bertz CT molecular complexity index is 391. The van der Waals surface area contributed by atoms with Crippen LogP contribution < -0.4 is 10.2 Å². The molecule has 0 aliphatic carbocycles. The topological polar surface area (TPSA) is 28.2 Å². The van der Waals surface area contributed by atoms with E-state index in [2.05, 4.69) is 66.8 Å². The first-order valence-electron chi connectivity index (χ1n) is 7.14. The molecule has 106 valence electrons. The van der Waals surface area contributed by atoms with E-state index in [-0.39, 0.29) is 0 Å². The van der Waals surface area contributed by atoms with Gasteiger partial charge in [-0.1, -0.05) is 26.8 Å². The van der Waals surface area contributed by atoms with Gasteiger partial charge in [0.05, 0.1) is 0 Å². The van der Waals surface area contributed by atoms with E-state index in [0.717, 1.165) is 18.9 Å². The summed E-state index contributed by atoms with van der Waals surface area (Å²) in [5.74, 6) is 2.32. The van der Waals surface area contributed by atoms with Crippen molar-refractivity contribution >= 4 is 17.6 Å². The molecule has 19 heavy (non-hydrogen) atoms. The van der Waals surface area contributed by atoms with Crippen LogP contribution in [-0.4, -0.2) is 34.6 Å². The van der Waals surface area contributed by atoms with Gasteiger partial charge in [0.1, 0.15) is 5.82 Å². The van der Waals surface area contributed by atoms with Crippen molar-refractivity contribution in [3.05, 3.63) is 23.9 Å². The van der Waals surface area contributed by atoms with E-state index < -0.39 is 0 Å². The Morgan fingerprint density at radius 3 is 2.84 bits per heavy atom. The average molecular weight is 279 g/mol. The zero-order chi connectivity index (χ0) is 13.8. The maximum Gasteiger partial charge on any atom is 0.128 e. The van der Waals surface area contributed by atoms with Crippen molar-refractivity contribution in [2.75, 3.05) is 17.2 Å². The van der Waals surface area contributed by atoms with Crippen LogP contribution in [-0.2, 0) is 6.54 Å². The highest BCUT2D eigenvalue weighted by atomic mass is 32.2. The molecule has 0 radical (unpaired) electrons. The maximum absolute atomic E-state index is 4.64. The molecule has 1 saturated heterocycles. The molecule has 0 spiro atoms. The highest BCUT2D eigenvalue weighted by molar-refractivity contribution is 8.00. The molecule has 2 rings (SSSR count). The van der Waals surface area contributed by atoms with Gasteiger partial charge in [-0.15, -0.1) is 0 Å². The first-order chi connectivity index (χ1) is 9.08. The van der Waals surface area contributed by atoms with Crippen molar-refractivity contribution in [1.29, 1.82) is 0 Å². The SMILES string of the molecule is CC(C)NCc1ccc(N2CCSC(C)C2C)nc1. The second kappa shape index (κ2) is 6.62. The van der Waals surface area contributed by atoms with Gasteiger partial charge in [-0.05, 0) is 18.6 Å². The van der Waals surface area contributed by atoms with Crippen molar-refractivity contribution in [2.45, 2.75) is 51.6 Å². The predicted molar refractivity (Wildman–Crippen MR) is 84.9 cm³/mol. The molecule has 0 bridgehead atoms. The Labute approximate surface area is 121 Å². The zero-order valence-electron chi connectivity index (χ0n) is 12.4. The fourth-order valence-corrected chi connectivity index (χ4v) is 3.37. The summed E-state index contributed by atoms with van der Waals surface area (Å²) in [7, 11) is 0. The molecule has 0 aromatic carbocycles. The maximum atomic E-state index is 4.64. The van der Waals surface area contributed by atoms with Crippen molar-refractivity contribution in [3.8, 4) is 0 Å². The monoisotopic (exact) mass is 279 g/mol. The number of anilines is 1. The lowest BCUT2D eigenvalue weighted by molar-refractivity contribution is 0.587. The lowest BCUT2D eigenvalue weighted by atomic mass is 10.2. The van der Waals surface area contributed by atoms with Crippen molar-refractivity contribution in [2.24, 2.45) is 0 Å². The Balaban J connectivity index is 2.01. The summed E-state index contributed by atoms with van der Waals surface area (Å²) in [5.41, 5.74) is 1.25. The fourth-order valence-electron chi connectivity index (χ4n) is 2.27. The zero-order valence-corrected chi connectivity index (χ0v) is 13.2. The highest BCUT2D eigenvalue weighted by Gasteiger charge is 2.25. The Hall–Kier alpha value is -0.740. The van der Waals surface area contributed by atoms with Crippen LogP contribution in [0.15, 0.2) is 18.3 Å². The van der Waals surface area contributed by atoms with Crippen LogP contribution in [0.3, 0.4) is 0 Å². The predicted octanol–water partition coefficient (Wildman–Crippen LogP) is 2.91. The average Bonchev–Trinajstić information content (AvgIpc) is 2.40. The van der Waals surface area contributed by atoms with E-state index in [0.29, 0.717) is 17.3 Å². The van der Waals surface area contributed by atoms with E-state index in [1.54, 1.807) is 0 Å². The number of hydrogen-bond acceptors (Lipinski definition) is 4. The van der Waals surface area contributed by atoms with Crippen LogP contribution in [0.2, 0.25) is 0 Å². The van der Waals surface area contributed by atoms with Crippen LogP contribution in [0.5, 0.6) is 0 Å². The second-order valence-electron chi connectivity index (χ2n) is 5.57. The van der Waals surface area contributed by atoms with Gasteiger partial charge < -0.3 is 10.2 Å². The molecule has 0 amide bonds. The molecular weight excluding hydrogens is 254 g/mol. The van der Waals surface area contributed by atoms with Crippen LogP contribution in [0.1, 0.15) is 33.3 Å². The largest absolute Gasteiger partial charge is 0.352 e. The van der Waals surface area contributed by atoms with E-state index in [1.165, 1.54) is 11.3 Å². The van der Waals surface area contributed by atoms with Gasteiger partial charge in [0.2, 0.25) is 0 Å². The second-order valence-corrected chi connectivity index (χ2v) is 7.06. The lowest BCUT2D eigenvalue weighted by Crippen LogP contribution is -2.45. The van der Waals surface area contributed by atoms with Crippen molar-refractivity contribution < 1.29 is 0 Å². The normalized spacial score (nSPS) is 23.9. The van der Waals surface area contributed by atoms with E-state index in [1.807, 2.05) is 6.20 Å². The third kappa shape index (κ3) is 3.86. The number of thioether (sulfide) groups is 1. The first-order valence-corrected chi connectivity index (χ1v) is 8.19. The molecule has 1 aliphatic heterocycles. The van der Waals surface area contributed by atoms with Crippen LogP contribution in [0.4, 0.5) is 5.82 Å². The van der Waals surface area contributed by atoms with Gasteiger partial charge in [-0.3, -0.25) is 0 Å².